The molecule has 0 heterocycles. The Morgan fingerprint density at radius 3 is 1.03 bits per heavy atom. The minimum absolute atomic E-state index is 0.0265. The average molecular weight is 1000 g/mol. The number of rotatable bonds is 34. The zero-order valence-electron chi connectivity index (χ0n) is 39.5. The number of nitrogens with zero attached hydrogens (tertiary/aromatic N) is 4. The molecule has 0 bridgehead atoms. The number of nitrogens with one attached hydrogen (secondary N) is 8. The standard InChI is InChI=1S/C38H73N21O9S/c1-19(29(63)56-23(28(39)62)9-5-13-48-35(40)41)53-31(65)24(10-6-14-49-36(42)43)58-33(67)26(12-8-16-51-38(46)47)59-32(66)25(11-7-15-50-37(44)45)57-30(64)20(2)54-34(68)27(55-22(4)61)17-69-18-52-21(3)60/h19-20,23-27H,5-18H2,1-4H3,(H2,39,62)(H,52,60)(H,53,65)(H,54,68)(H,55,61)(H,56,63)(H,57,64)(H,58,67)(H,59,66)(H4,40,41,48)(H4,42,43,49)(H4,44,45,50)(H4,46,47,51)/t19-,20-,23-,24?,25-,26-,27-/m1/s1. The second kappa shape index (κ2) is 34.0. The Bertz CT molecular complexity index is 1850. The van der Waals surface area contributed by atoms with E-state index in [1.54, 1.807) is 0 Å². The van der Waals surface area contributed by atoms with Gasteiger partial charge in [-0.1, -0.05) is 0 Å². The highest BCUT2D eigenvalue weighted by Crippen LogP contribution is 2.08. The Hall–Kier alpha value is -7.34. The van der Waals surface area contributed by atoms with Crippen molar-refractivity contribution in [2.45, 2.75) is 121 Å². The maximum atomic E-state index is 14.1. The van der Waals surface area contributed by atoms with E-state index in [0.717, 1.165) is 11.8 Å². The van der Waals surface area contributed by atoms with E-state index in [4.69, 9.17) is 51.6 Å². The van der Waals surface area contributed by atoms with Crippen LogP contribution in [0.15, 0.2) is 20.0 Å². The van der Waals surface area contributed by atoms with Crippen LogP contribution in [0, 0.1) is 0 Å². The van der Waals surface area contributed by atoms with Gasteiger partial charge in [0.15, 0.2) is 23.8 Å². The van der Waals surface area contributed by atoms with E-state index < -0.39 is 89.6 Å². The number of nitrogens with two attached hydrogens (primary N) is 9. The number of hydrogen-bond acceptors (Lipinski definition) is 14. The highest BCUT2D eigenvalue weighted by molar-refractivity contribution is 7.99. The van der Waals surface area contributed by atoms with Crippen molar-refractivity contribution in [1.29, 1.82) is 0 Å². The zero-order chi connectivity index (χ0) is 52.6. The molecule has 31 heteroatoms. The van der Waals surface area contributed by atoms with E-state index in [0.29, 0.717) is 0 Å². The molecule has 0 aromatic rings. The average Bonchev–Trinajstić information content (AvgIpc) is 3.24. The van der Waals surface area contributed by atoms with Crippen LogP contribution in [0.5, 0.6) is 0 Å². The van der Waals surface area contributed by atoms with Crippen molar-refractivity contribution < 1.29 is 43.2 Å². The number of thioether (sulfide) groups is 1. The molecular weight excluding hydrogens is 927 g/mol. The fourth-order valence-corrected chi connectivity index (χ4v) is 6.65. The zero-order valence-corrected chi connectivity index (χ0v) is 40.3. The Balaban J connectivity index is 6.55. The van der Waals surface area contributed by atoms with Gasteiger partial charge in [-0.25, -0.2) is 0 Å². The molecular formula is C38H73N21O9S. The van der Waals surface area contributed by atoms with Gasteiger partial charge in [0.2, 0.25) is 53.2 Å². The number of primary amides is 1. The second-order valence-corrected chi connectivity index (χ2v) is 16.4. The number of hydrogen-bond donors (Lipinski definition) is 17. The molecule has 0 aliphatic carbocycles. The largest absolute Gasteiger partial charge is 0.370 e. The van der Waals surface area contributed by atoms with Crippen LogP contribution < -0.4 is 94.1 Å². The van der Waals surface area contributed by atoms with Gasteiger partial charge in [-0.05, 0) is 65.2 Å². The summed E-state index contributed by atoms with van der Waals surface area (Å²) in [4.78, 5) is 133. The van der Waals surface area contributed by atoms with Crippen molar-refractivity contribution in [3.05, 3.63) is 0 Å². The first kappa shape index (κ1) is 61.7. The van der Waals surface area contributed by atoms with Gasteiger partial charge < -0.3 is 94.1 Å². The first-order valence-corrected chi connectivity index (χ1v) is 22.9. The number of aliphatic imine (C=N–C) groups is 4. The summed E-state index contributed by atoms with van der Waals surface area (Å²) < 4.78 is 0. The van der Waals surface area contributed by atoms with Gasteiger partial charge in [-0.15, -0.1) is 11.8 Å². The van der Waals surface area contributed by atoms with Crippen molar-refractivity contribution in [2.75, 3.05) is 37.8 Å². The molecule has 7 atom stereocenters. The number of carbonyl (C=O) groups excluding carboxylic acids is 9. The summed E-state index contributed by atoms with van der Waals surface area (Å²) in [6, 6.07) is -8.85. The van der Waals surface area contributed by atoms with Crippen molar-refractivity contribution in [3.63, 3.8) is 0 Å². The summed E-state index contributed by atoms with van der Waals surface area (Å²) in [6.45, 7) is 5.46. The van der Waals surface area contributed by atoms with E-state index in [1.165, 1.54) is 27.7 Å². The molecule has 30 nitrogen and oxygen atoms in total. The highest BCUT2D eigenvalue weighted by atomic mass is 32.2. The van der Waals surface area contributed by atoms with E-state index in [9.17, 15) is 43.2 Å². The molecule has 0 aromatic carbocycles. The number of carbonyl (C=O) groups is 9. The minimum Gasteiger partial charge on any atom is -0.370 e. The highest BCUT2D eigenvalue weighted by Gasteiger charge is 2.32. The quantitative estimate of drug-likeness (QED) is 0.0123. The number of guanidine groups is 4. The summed E-state index contributed by atoms with van der Waals surface area (Å²) >= 11 is 1.14. The van der Waals surface area contributed by atoms with Crippen LogP contribution in [0.4, 0.5) is 0 Å². The van der Waals surface area contributed by atoms with Gasteiger partial charge in [0.25, 0.3) is 0 Å². The fraction of sp³-hybridized carbons (Fsp3) is 0.658. The lowest BCUT2D eigenvalue weighted by Crippen LogP contribution is -2.59. The molecule has 69 heavy (non-hydrogen) atoms. The third-order valence-electron chi connectivity index (χ3n) is 9.25. The Morgan fingerprint density at radius 2 is 0.710 bits per heavy atom. The molecule has 0 spiro atoms. The molecule has 1 unspecified atom stereocenters. The predicted molar refractivity (Wildman–Crippen MR) is 261 cm³/mol. The first-order chi connectivity index (χ1) is 32.3. The van der Waals surface area contributed by atoms with E-state index in [2.05, 4.69) is 62.5 Å². The molecule has 0 aromatic heterocycles. The minimum atomic E-state index is -1.39. The van der Waals surface area contributed by atoms with Crippen LogP contribution in [0.25, 0.3) is 0 Å². The number of amides is 9. The Kier molecular flexibility index (Phi) is 30.4. The van der Waals surface area contributed by atoms with Gasteiger partial charge >= 0.3 is 0 Å². The molecule has 0 fully saturated rings. The lowest BCUT2D eigenvalue weighted by atomic mass is 10.0. The molecule has 0 aliphatic heterocycles. The third kappa shape index (κ3) is 29.8. The molecule has 0 saturated carbocycles. The molecule has 26 N–H and O–H groups in total. The van der Waals surface area contributed by atoms with Crippen molar-refractivity contribution in [2.24, 2.45) is 71.6 Å². The predicted octanol–water partition coefficient (Wildman–Crippen LogP) is -8.03. The maximum absolute atomic E-state index is 14.1. The van der Waals surface area contributed by atoms with Crippen LogP contribution in [-0.4, -0.2) is 157 Å². The van der Waals surface area contributed by atoms with Gasteiger partial charge in [0.1, 0.15) is 42.3 Å². The molecule has 9 amide bonds. The molecule has 0 saturated heterocycles. The summed E-state index contributed by atoms with van der Waals surface area (Å²) in [6.07, 6.45) is 0.549. The van der Waals surface area contributed by atoms with Crippen molar-refractivity contribution in [1.82, 2.24) is 42.5 Å². The van der Waals surface area contributed by atoms with E-state index >= 15 is 0 Å². The lowest BCUT2D eigenvalue weighted by molar-refractivity contribution is -0.135. The van der Waals surface area contributed by atoms with E-state index in [-0.39, 0.29) is 119 Å². The molecule has 0 radical (unpaired) electrons. The van der Waals surface area contributed by atoms with Gasteiger partial charge in [0.05, 0.1) is 5.88 Å². The fourth-order valence-electron chi connectivity index (χ4n) is 5.76. The van der Waals surface area contributed by atoms with Crippen LogP contribution in [0.3, 0.4) is 0 Å². The molecule has 0 rings (SSSR count). The summed E-state index contributed by atoms with van der Waals surface area (Å²) in [5.74, 6) is -7.23. The summed E-state index contributed by atoms with van der Waals surface area (Å²) in [5.41, 5.74) is 48.9. The third-order valence-corrected chi connectivity index (χ3v) is 10.2. The second-order valence-electron chi connectivity index (χ2n) is 15.4. The monoisotopic (exact) mass is 1000 g/mol. The van der Waals surface area contributed by atoms with Crippen LogP contribution >= 0.6 is 11.8 Å². The van der Waals surface area contributed by atoms with Gasteiger partial charge in [-0.2, -0.15) is 0 Å². The normalized spacial score (nSPS) is 13.6. The van der Waals surface area contributed by atoms with Crippen LogP contribution in [0.1, 0.15) is 79.1 Å². The summed E-state index contributed by atoms with van der Waals surface area (Å²) in [7, 11) is 0. The van der Waals surface area contributed by atoms with Crippen LogP contribution in [-0.2, 0) is 43.2 Å². The molecule has 390 valence electrons. The Morgan fingerprint density at radius 1 is 0.406 bits per heavy atom. The SMILES string of the molecule is CC(=O)NCSC[C@@H](NC(C)=O)C(=O)N[C@H](C)C(=O)N[C@H](CCCN=C(N)N)C(=O)N[C@H](CCCN=C(N)N)C(=O)NC(CCCN=C(N)N)C(=O)N[C@H](C)C(=O)N[C@H](CCCN=C(N)N)C(N)=O. The lowest BCUT2D eigenvalue weighted by Gasteiger charge is -2.27. The van der Waals surface area contributed by atoms with E-state index in [1.807, 2.05) is 0 Å². The smallest absolute Gasteiger partial charge is 0.244 e. The maximum Gasteiger partial charge on any atom is 0.244 e. The van der Waals surface area contributed by atoms with Crippen molar-refractivity contribution >= 4 is 88.8 Å². The van der Waals surface area contributed by atoms with Crippen molar-refractivity contribution in [3.8, 4) is 0 Å². The van der Waals surface area contributed by atoms with Gasteiger partial charge in [0, 0.05) is 45.8 Å². The molecule has 0 aliphatic rings. The topological polar surface area (TPSA) is 533 Å². The van der Waals surface area contributed by atoms with Gasteiger partial charge in [-0.3, -0.25) is 63.1 Å². The Labute approximate surface area is 404 Å². The van der Waals surface area contributed by atoms with Crippen LogP contribution in [0.2, 0.25) is 0 Å². The summed E-state index contributed by atoms with van der Waals surface area (Å²) in [5, 5.41) is 20.3. The first-order valence-electron chi connectivity index (χ1n) is 21.8.